The lowest BCUT2D eigenvalue weighted by Gasteiger charge is -2.58. The Labute approximate surface area is 140 Å². The summed E-state index contributed by atoms with van der Waals surface area (Å²) in [5.41, 5.74) is 0.755. The van der Waals surface area contributed by atoms with Crippen LogP contribution in [0, 0.1) is 28.6 Å². The number of aldehydes is 1. The van der Waals surface area contributed by atoms with Gasteiger partial charge in [0.2, 0.25) is 0 Å². The maximum atomic E-state index is 11.1. The Morgan fingerprint density at radius 2 is 1.87 bits per heavy atom. The number of rotatable bonds is 3. The summed E-state index contributed by atoms with van der Waals surface area (Å²) in [7, 11) is 1.76. The Bertz CT molecular complexity index is 509. The van der Waals surface area contributed by atoms with Gasteiger partial charge in [-0.1, -0.05) is 19.4 Å². The molecule has 0 amide bonds. The molecule has 130 valence electrons. The van der Waals surface area contributed by atoms with E-state index in [4.69, 9.17) is 4.74 Å². The van der Waals surface area contributed by atoms with Crippen molar-refractivity contribution < 1.29 is 14.6 Å². The first kappa shape index (κ1) is 17.2. The van der Waals surface area contributed by atoms with E-state index in [1.807, 2.05) is 6.92 Å². The molecule has 3 aliphatic carbocycles. The van der Waals surface area contributed by atoms with Crippen LogP contribution >= 0.6 is 0 Å². The SMILES string of the molecule is COCC1(C)/C(=C\C=O)CCC2C1CCC1(C)C2CCC1(C)O. The lowest BCUT2D eigenvalue weighted by Crippen LogP contribution is -2.54. The third kappa shape index (κ3) is 2.34. The van der Waals surface area contributed by atoms with Gasteiger partial charge in [-0.3, -0.25) is 4.79 Å². The fraction of sp³-hybridized carbons (Fsp3) is 0.850. The van der Waals surface area contributed by atoms with E-state index in [1.54, 1.807) is 13.2 Å². The largest absolute Gasteiger partial charge is 0.390 e. The lowest BCUT2D eigenvalue weighted by atomic mass is 9.48. The Balaban J connectivity index is 1.95. The van der Waals surface area contributed by atoms with E-state index in [0.717, 1.165) is 44.8 Å². The van der Waals surface area contributed by atoms with Crippen LogP contribution in [-0.4, -0.2) is 30.7 Å². The molecule has 3 heteroatoms. The number of hydrogen-bond donors (Lipinski definition) is 1. The molecule has 0 aromatic carbocycles. The average Bonchev–Trinajstić information content (AvgIpc) is 2.73. The van der Waals surface area contributed by atoms with Crippen LogP contribution in [0.3, 0.4) is 0 Å². The minimum atomic E-state index is -0.529. The van der Waals surface area contributed by atoms with Crippen molar-refractivity contribution in [3.8, 4) is 0 Å². The summed E-state index contributed by atoms with van der Waals surface area (Å²) in [4.78, 5) is 11.1. The Morgan fingerprint density at radius 3 is 2.52 bits per heavy atom. The highest BCUT2D eigenvalue weighted by atomic mass is 16.5. The topological polar surface area (TPSA) is 46.5 Å². The first-order valence-corrected chi connectivity index (χ1v) is 9.16. The fourth-order valence-electron chi connectivity index (χ4n) is 6.43. The van der Waals surface area contributed by atoms with E-state index in [9.17, 15) is 9.90 Å². The van der Waals surface area contributed by atoms with Crippen LogP contribution in [0.2, 0.25) is 0 Å². The molecule has 6 atom stereocenters. The zero-order valence-electron chi connectivity index (χ0n) is 15.1. The number of hydrogen-bond acceptors (Lipinski definition) is 3. The van der Waals surface area contributed by atoms with Crippen LogP contribution < -0.4 is 0 Å². The average molecular weight is 320 g/mol. The molecule has 1 N–H and O–H groups in total. The van der Waals surface area contributed by atoms with Crippen molar-refractivity contribution in [2.75, 3.05) is 13.7 Å². The molecule has 3 nitrogen and oxygen atoms in total. The predicted octanol–water partition coefficient (Wildman–Crippen LogP) is 3.75. The van der Waals surface area contributed by atoms with Gasteiger partial charge < -0.3 is 9.84 Å². The van der Waals surface area contributed by atoms with Crippen LogP contribution in [0.15, 0.2) is 11.6 Å². The fourth-order valence-corrected chi connectivity index (χ4v) is 6.43. The molecule has 0 spiro atoms. The number of methoxy groups -OCH3 is 1. The maximum absolute atomic E-state index is 11.1. The van der Waals surface area contributed by atoms with Crippen molar-refractivity contribution in [1.82, 2.24) is 0 Å². The molecule has 0 aromatic rings. The molecule has 0 bridgehead atoms. The van der Waals surface area contributed by atoms with Crippen molar-refractivity contribution in [3.05, 3.63) is 11.6 Å². The molecular formula is C20H32O3. The molecule has 6 unspecified atom stereocenters. The van der Waals surface area contributed by atoms with Gasteiger partial charge in [0.1, 0.15) is 6.29 Å². The van der Waals surface area contributed by atoms with Crippen molar-refractivity contribution >= 4 is 6.29 Å². The summed E-state index contributed by atoms with van der Waals surface area (Å²) < 4.78 is 5.58. The molecule has 0 radical (unpaired) electrons. The highest BCUT2D eigenvalue weighted by molar-refractivity contribution is 5.66. The summed E-state index contributed by atoms with van der Waals surface area (Å²) in [6, 6.07) is 0. The van der Waals surface area contributed by atoms with Crippen LogP contribution in [0.25, 0.3) is 0 Å². The highest BCUT2D eigenvalue weighted by Crippen LogP contribution is 2.66. The second kappa shape index (κ2) is 5.70. The maximum Gasteiger partial charge on any atom is 0.142 e. The molecule has 0 aliphatic heterocycles. The molecule has 0 aromatic heterocycles. The van der Waals surface area contributed by atoms with Crippen LogP contribution in [0.1, 0.15) is 59.3 Å². The van der Waals surface area contributed by atoms with Gasteiger partial charge in [-0.05, 0) is 74.7 Å². The van der Waals surface area contributed by atoms with E-state index in [0.29, 0.717) is 24.4 Å². The smallest absolute Gasteiger partial charge is 0.142 e. The van der Waals surface area contributed by atoms with Gasteiger partial charge in [0.15, 0.2) is 0 Å². The lowest BCUT2D eigenvalue weighted by molar-refractivity contribution is -0.123. The van der Waals surface area contributed by atoms with Gasteiger partial charge in [-0.15, -0.1) is 0 Å². The quantitative estimate of drug-likeness (QED) is 0.636. The van der Waals surface area contributed by atoms with Crippen molar-refractivity contribution in [2.24, 2.45) is 28.6 Å². The number of aliphatic hydroxyl groups is 1. The van der Waals surface area contributed by atoms with Gasteiger partial charge in [0.05, 0.1) is 12.2 Å². The number of carbonyl (C=O) groups is 1. The summed E-state index contributed by atoms with van der Waals surface area (Å²) in [6.45, 7) is 7.33. The minimum Gasteiger partial charge on any atom is -0.390 e. The second-order valence-electron chi connectivity index (χ2n) is 8.86. The first-order chi connectivity index (χ1) is 10.8. The van der Waals surface area contributed by atoms with Crippen molar-refractivity contribution in [3.63, 3.8) is 0 Å². The van der Waals surface area contributed by atoms with E-state index in [1.165, 1.54) is 5.57 Å². The molecule has 3 rings (SSSR count). The summed E-state index contributed by atoms with van der Waals surface area (Å²) >= 11 is 0. The van der Waals surface area contributed by atoms with Gasteiger partial charge in [0.25, 0.3) is 0 Å². The Morgan fingerprint density at radius 1 is 1.17 bits per heavy atom. The van der Waals surface area contributed by atoms with Gasteiger partial charge in [-0.2, -0.15) is 0 Å². The number of allylic oxidation sites excluding steroid dienone is 1. The van der Waals surface area contributed by atoms with E-state index >= 15 is 0 Å². The van der Waals surface area contributed by atoms with Crippen LogP contribution in [-0.2, 0) is 9.53 Å². The zero-order chi connectivity index (χ0) is 16.9. The number of fused-ring (bicyclic) bond motifs is 3. The van der Waals surface area contributed by atoms with Crippen LogP contribution in [0.4, 0.5) is 0 Å². The standard InChI is InChI=1S/C20H32O3/c1-18(13-23-4)14(9-12-21)5-6-15-16(18)7-10-19(2)17(15)8-11-20(19,3)22/h9,12,15-17,22H,5-8,10-11,13H2,1-4H3/b14-9-. The van der Waals surface area contributed by atoms with Crippen molar-refractivity contribution in [2.45, 2.75) is 64.9 Å². The van der Waals surface area contributed by atoms with Crippen molar-refractivity contribution in [1.29, 1.82) is 0 Å². The second-order valence-corrected chi connectivity index (χ2v) is 8.86. The van der Waals surface area contributed by atoms with Gasteiger partial charge >= 0.3 is 0 Å². The van der Waals surface area contributed by atoms with Gasteiger partial charge in [0, 0.05) is 12.5 Å². The molecule has 3 saturated carbocycles. The Hall–Kier alpha value is -0.670. The molecule has 3 fully saturated rings. The third-order valence-corrected chi connectivity index (χ3v) is 8.01. The molecule has 0 saturated heterocycles. The highest BCUT2D eigenvalue weighted by Gasteiger charge is 2.62. The number of carbonyl (C=O) groups excluding carboxylic acids is 1. The molecule has 3 aliphatic rings. The Kier molecular flexibility index (Phi) is 4.25. The van der Waals surface area contributed by atoms with E-state index in [2.05, 4.69) is 13.8 Å². The minimum absolute atomic E-state index is 0.0334. The normalized spacial score (nSPS) is 51.3. The first-order valence-electron chi connectivity index (χ1n) is 9.16. The summed E-state index contributed by atoms with van der Waals surface area (Å²) in [5.74, 6) is 1.81. The summed E-state index contributed by atoms with van der Waals surface area (Å²) in [5, 5.41) is 10.9. The monoisotopic (exact) mass is 320 g/mol. The van der Waals surface area contributed by atoms with E-state index < -0.39 is 5.60 Å². The molecular weight excluding hydrogens is 288 g/mol. The zero-order valence-corrected chi connectivity index (χ0v) is 15.1. The third-order valence-electron chi connectivity index (χ3n) is 8.01. The van der Waals surface area contributed by atoms with E-state index in [-0.39, 0.29) is 10.8 Å². The number of ether oxygens (including phenoxy) is 1. The predicted molar refractivity (Wildman–Crippen MR) is 91.0 cm³/mol. The van der Waals surface area contributed by atoms with Crippen LogP contribution in [0.5, 0.6) is 0 Å². The van der Waals surface area contributed by atoms with Gasteiger partial charge in [-0.25, -0.2) is 0 Å². The molecule has 23 heavy (non-hydrogen) atoms. The molecule has 0 heterocycles. The summed E-state index contributed by atoms with van der Waals surface area (Å²) in [6.07, 6.45) is 9.15.